The van der Waals surface area contributed by atoms with Gasteiger partial charge in [0, 0.05) is 6.54 Å². The fourth-order valence-electron chi connectivity index (χ4n) is 2.71. The molecule has 2 aliphatic carbocycles. The topological polar surface area (TPSA) is 52.9 Å². The molecule has 0 aromatic heterocycles. The molecular weight excluding hydrogens is 200 g/mol. The molecule has 1 amide bonds. The molecule has 2 aliphatic rings. The van der Waals surface area contributed by atoms with Gasteiger partial charge in [0.2, 0.25) is 5.91 Å². The minimum absolute atomic E-state index is 0.0411. The first-order valence-electron chi connectivity index (χ1n) is 6.27. The number of hydrogen-bond donors (Lipinski definition) is 1. The standard InChI is InChI=1S/C13H20N2O/c1-9-5-13(6-9,8-14)12(16)15-7-10(2)11-3-4-11/h9-11H,3-7H2,1-2H3,(H,15,16). The van der Waals surface area contributed by atoms with Gasteiger partial charge in [-0.05, 0) is 43.4 Å². The van der Waals surface area contributed by atoms with Crippen molar-refractivity contribution in [1.82, 2.24) is 5.32 Å². The lowest BCUT2D eigenvalue weighted by Crippen LogP contribution is -2.49. The fraction of sp³-hybridized carbons (Fsp3) is 0.846. The van der Waals surface area contributed by atoms with Crippen LogP contribution >= 0.6 is 0 Å². The van der Waals surface area contributed by atoms with Crippen LogP contribution in [0.4, 0.5) is 0 Å². The molecule has 2 saturated carbocycles. The summed E-state index contributed by atoms with van der Waals surface area (Å²) in [5.74, 6) is 1.85. The van der Waals surface area contributed by atoms with Crippen LogP contribution in [0.15, 0.2) is 0 Å². The third-order valence-corrected chi connectivity index (χ3v) is 4.05. The van der Waals surface area contributed by atoms with E-state index in [4.69, 9.17) is 5.26 Å². The molecule has 0 aliphatic heterocycles. The Hall–Kier alpha value is -1.04. The van der Waals surface area contributed by atoms with Gasteiger partial charge in [-0.3, -0.25) is 4.79 Å². The first kappa shape index (κ1) is 11.4. The number of nitriles is 1. The van der Waals surface area contributed by atoms with Crippen LogP contribution in [0.2, 0.25) is 0 Å². The molecule has 3 nitrogen and oxygen atoms in total. The summed E-state index contributed by atoms with van der Waals surface area (Å²) in [6.07, 6.45) is 4.06. The molecule has 0 bridgehead atoms. The van der Waals surface area contributed by atoms with E-state index < -0.39 is 5.41 Å². The van der Waals surface area contributed by atoms with Gasteiger partial charge in [-0.15, -0.1) is 0 Å². The number of rotatable bonds is 4. The molecule has 0 radical (unpaired) electrons. The van der Waals surface area contributed by atoms with Crippen molar-refractivity contribution in [2.45, 2.75) is 39.5 Å². The summed E-state index contributed by atoms with van der Waals surface area (Å²) < 4.78 is 0. The second-order valence-electron chi connectivity index (χ2n) is 5.73. The minimum atomic E-state index is -0.706. The average molecular weight is 220 g/mol. The predicted molar refractivity (Wildman–Crippen MR) is 61.3 cm³/mol. The van der Waals surface area contributed by atoms with Crippen molar-refractivity contribution in [2.75, 3.05) is 6.54 Å². The molecule has 1 unspecified atom stereocenters. The van der Waals surface area contributed by atoms with Gasteiger partial charge in [-0.25, -0.2) is 0 Å². The van der Waals surface area contributed by atoms with E-state index in [2.05, 4.69) is 25.2 Å². The second kappa shape index (κ2) is 4.08. The Morgan fingerprint density at radius 3 is 2.62 bits per heavy atom. The molecule has 0 spiro atoms. The van der Waals surface area contributed by atoms with Crippen molar-refractivity contribution < 1.29 is 4.79 Å². The van der Waals surface area contributed by atoms with Gasteiger partial charge < -0.3 is 5.32 Å². The maximum Gasteiger partial charge on any atom is 0.240 e. The van der Waals surface area contributed by atoms with E-state index in [1.807, 2.05) is 0 Å². The monoisotopic (exact) mass is 220 g/mol. The molecule has 1 atom stereocenters. The molecule has 1 N–H and O–H groups in total. The van der Waals surface area contributed by atoms with Gasteiger partial charge in [0.1, 0.15) is 5.41 Å². The summed E-state index contributed by atoms with van der Waals surface area (Å²) in [6.45, 7) is 5.01. The molecule has 2 fully saturated rings. The zero-order chi connectivity index (χ0) is 11.8. The zero-order valence-corrected chi connectivity index (χ0v) is 10.1. The highest BCUT2D eigenvalue weighted by Gasteiger charge is 2.48. The Kier molecular flexibility index (Phi) is 2.92. The highest BCUT2D eigenvalue weighted by molar-refractivity contribution is 5.86. The lowest BCUT2D eigenvalue weighted by Gasteiger charge is -2.39. The third kappa shape index (κ3) is 2.07. The summed E-state index contributed by atoms with van der Waals surface area (Å²) in [5, 5.41) is 12.1. The van der Waals surface area contributed by atoms with Crippen LogP contribution in [-0.4, -0.2) is 12.5 Å². The van der Waals surface area contributed by atoms with Crippen molar-refractivity contribution in [3.63, 3.8) is 0 Å². The summed E-state index contributed by atoms with van der Waals surface area (Å²) in [6, 6.07) is 2.20. The average Bonchev–Trinajstić information content (AvgIpc) is 3.04. The lowest BCUT2D eigenvalue weighted by atomic mass is 9.63. The Bertz CT molecular complexity index is 321. The normalized spacial score (nSPS) is 34.7. The third-order valence-electron chi connectivity index (χ3n) is 4.05. The first-order chi connectivity index (χ1) is 7.57. The molecule has 2 rings (SSSR count). The van der Waals surface area contributed by atoms with E-state index in [-0.39, 0.29) is 5.91 Å². The molecular formula is C13H20N2O. The van der Waals surface area contributed by atoms with Crippen LogP contribution in [0.1, 0.15) is 39.5 Å². The first-order valence-corrected chi connectivity index (χ1v) is 6.27. The van der Waals surface area contributed by atoms with Gasteiger partial charge in [-0.1, -0.05) is 13.8 Å². The highest BCUT2D eigenvalue weighted by atomic mass is 16.2. The van der Waals surface area contributed by atoms with E-state index in [0.717, 1.165) is 25.3 Å². The van der Waals surface area contributed by atoms with Gasteiger partial charge in [-0.2, -0.15) is 5.26 Å². The second-order valence-corrected chi connectivity index (χ2v) is 5.73. The number of hydrogen-bond acceptors (Lipinski definition) is 2. The van der Waals surface area contributed by atoms with Crippen molar-refractivity contribution in [3.05, 3.63) is 0 Å². The van der Waals surface area contributed by atoms with Crippen LogP contribution in [0.3, 0.4) is 0 Å². The van der Waals surface area contributed by atoms with E-state index in [9.17, 15) is 4.79 Å². The van der Waals surface area contributed by atoms with Crippen molar-refractivity contribution >= 4 is 5.91 Å². The molecule has 0 heterocycles. The summed E-state index contributed by atoms with van der Waals surface area (Å²) in [7, 11) is 0. The van der Waals surface area contributed by atoms with Crippen LogP contribution in [0.5, 0.6) is 0 Å². The maximum atomic E-state index is 11.9. The molecule has 16 heavy (non-hydrogen) atoms. The van der Waals surface area contributed by atoms with Crippen LogP contribution in [0, 0.1) is 34.5 Å². The lowest BCUT2D eigenvalue weighted by molar-refractivity contribution is -0.134. The molecule has 0 saturated heterocycles. The number of amides is 1. The molecule has 3 heteroatoms. The number of carbonyl (C=O) groups excluding carboxylic acids is 1. The Balaban J connectivity index is 1.80. The Labute approximate surface area is 97.2 Å². The van der Waals surface area contributed by atoms with Gasteiger partial charge in [0.15, 0.2) is 0 Å². The summed E-state index contributed by atoms with van der Waals surface area (Å²) >= 11 is 0. The number of nitrogens with zero attached hydrogens (tertiary/aromatic N) is 1. The molecule has 0 aromatic carbocycles. The van der Waals surface area contributed by atoms with Crippen LogP contribution in [0.25, 0.3) is 0 Å². The summed E-state index contributed by atoms with van der Waals surface area (Å²) in [5.41, 5.74) is -0.706. The van der Waals surface area contributed by atoms with E-state index in [1.165, 1.54) is 12.8 Å². The van der Waals surface area contributed by atoms with Gasteiger partial charge >= 0.3 is 0 Å². The van der Waals surface area contributed by atoms with E-state index in [0.29, 0.717) is 11.8 Å². The van der Waals surface area contributed by atoms with Crippen LogP contribution in [-0.2, 0) is 4.79 Å². The van der Waals surface area contributed by atoms with Crippen molar-refractivity contribution in [2.24, 2.45) is 23.2 Å². The largest absolute Gasteiger partial charge is 0.354 e. The van der Waals surface area contributed by atoms with Crippen LogP contribution < -0.4 is 5.32 Å². The predicted octanol–water partition coefficient (Wildman–Crippen LogP) is 2.09. The summed E-state index contributed by atoms with van der Waals surface area (Å²) in [4.78, 5) is 11.9. The van der Waals surface area contributed by atoms with Gasteiger partial charge in [0.25, 0.3) is 0 Å². The fourth-order valence-corrected chi connectivity index (χ4v) is 2.71. The highest BCUT2D eigenvalue weighted by Crippen LogP contribution is 2.45. The smallest absolute Gasteiger partial charge is 0.240 e. The maximum absolute atomic E-state index is 11.9. The molecule has 88 valence electrons. The van der Waals surface area contributed by atoms with Gasteiger partial charge in [0.05, 0.1) is 6.07 Å². The van der Waals surface area contributed by atoms with E-state index >= 15 is 0 Å². The zero-order valence-electron chi connectivity index (χ0n) is 10.1. The SMILES string of the molecule is CC1CC(C#N)(C(=O)NCC(C)C2CC2)C1. The quantitative estimate of drug-likeness (QED) is 0.788. The Morgan fingerprint density at radius 2 is 2.19 bits per heavy atom. The minimum Gasteiger partial charge on any atom is -0.354 e. The van der Waals surface area contributed by atoms with Crippen molar-refractivity contribution in [1.29, 1.82) is 5.26 Å². The van der Waals surface area contributed by atoms with Crippen molar-refractivity contribution in [3.8, 4) is 6.07 Å². The molecule has 0 aromatic rings. The van der Waals surface area contributed by atoms with E-state index in [1.54, 1.807) is 0 Å². The number of carbonyl (C=O) groups is 1. The number of nitrogens with one attached hydrogen (secondary N) is 1. The Morgan fingerprint density at radius 1 is 1.56 bits per heavy atom.